The van der Waals surface area contributed by atoms with Crippen molar-refractivity contribution in [3.8, 4) is 17.2 Å². The maximum absolute atomic E-state index is 15.8. The van der Waals surface area contributed by atoms with Crippen LogP contribution in [0.1, 0.15) is 41.1 Å². The number of carboxylic acids is 1. The van der Waals surface area contributed by atoms with Gasteiger partial charge in [-0.2, -0.15) is 0 Å². The second-order valence-electron chi connectivity index (χ2n) is 9.51. The Balaban J connectivity index is 1.55. The highest BCUT2D eigenvalue weighted by atomic mass is 19.1. The lowest BCUT2D eigenvalue weighted by atomic mass is 9.93. The van der Waals surface area contributed by atoms with Gasteiger partial charge in [0.25, 0.3) is 0 Å². The van der Waals surface area contributed by atoms with Crippen molar-refractivity contribution in [3.63, 3.8) is 0 Å². The van der Waals surface area contributed by atoms with Gasteiger partial charge in [0, 0.05) is 23.7 Å². The van der Waals surface area contributed by atoms with E-state index in [2.05, 4.69) is 11.4 Å². The van der Waals surface area contributed by atoms with E-state index < -0.39 is 22.8 Å². The van der Waals surface area contributed by atoms with Gasteiger partial charge >= 0.3 is 5.97 Å². The number of nitrogens with zero attached hydrogens (tertiary/aromatic N) is 1. The molecular formula is C28H21FN2O4. The molecule has 174 valence electrons. The fraction of sp³-hybridized carbons (Fsp3) is 0.214. The Labute approximate surface area is 199 Å². The third-order valence-electron chi connectivity index (χ3n) is 7.52. The van der Waals surface area contributed by atoms with Gasteiger partial charge in [-0.15, -0.1) is 0 Å². The standard InChI is InChI=1S/C28H21FN2O4/c29-20-12-18-25-27(24(20)17-8-16-6-3-7-30-21(16)9-17)35-23-11-15-5-2-1-4-14(15)10-22(23)31(25)13-19(26(18)32)28(33)34/h1-2,4-5,8,10-13,17,21,30H,3,6-7,9H2,(H,33,34). The minimum absolute atomic E-state index is 0.00106. The number of nitrogens with one attached hydrogen (secondary N) is 1. The predicted molar refractivity (Wildman–Crippen MR) is 131 cm³/mol. The lowest BCUT2D eigenvalue weighted by molar-refractivity contribution is 0.0695. The van der Waals surface area contributed by atoms with E-state index in [1.807, 2.05) is 36.4 Å². The summed E-state index contributed by atoms with van der Waals surface area (Å²) in [7, 11) is 0. The summed E-state index contributed by atoms with van der Waals surface area (Å²) in [6.45, 7) is 0.941. The second kappa shape index (κ2) is 7.26. The molecule has 2 atom stereocenters. The zero-order valence-corrected chi connectivity index (χ0v) is 18.7. The lowest BCUT2D eigenvalue weighted by Crippen LogP contribution is -2.34. The van der Waals surface area contributed by atoms with E-state index >= 15 is 4.39 Å². The molecule has 2 unspecified atom stereocenters. The van der Waals surface area contributed by atoms with Crippen LogP contribution in [0, 0.1) is 5.82 Å². The molecule has 2 N–H and O–H groups in total. The number of carboxylic acid groups (broad SMARTS) is 1. The fourth-order valence-corrected chi connectivity index (χ4v) is 5.91. The number of allylic oxidation sites excluding steroid dienone is 1. The number of aromatic carboxylic acids is 1. The molecule has 3 aliphatic rings. The van der Waals surface area contributed by atoms with Crippen LogP contribution in [-0.4, -0.2) is 28.2 Å². The van der Waals surface area contributed by atoms with Crippen molar-refractivity contribution < 1.29 is 19.0 Å². The van der Waals surface area contributed by atoms with Crippen molar-refractivity contribution in [1.29, 1.82) is 0 Å². The smallest absolute Gasteiger partial charge is 0.341 e. The first-order valence-corrected chi connectivity index (χ1v) is 11.8. The van der Waals surface area contributed by atoms with E-state index in [1.54, 1.807) is 4.57 Å². The van der Waals surface area contributed by atoms with Gasteiger partial charge in [-0.05, 0) is 54.8 Å². The van der Waals surface area contributed by atoms with E-state index in [-0.39, 0.29) is 23.1 Å². The first kappa shape index (κ1) is 20.4. The maximum atomic E-state index is 15.8. The molecule has 4 aromatic rings. The summed E-state index contributed by atoms with van der Waals surface area (Å²) >= 11 is 0. The summed E-state index contributed by atoms with van der Waals surface area (Å²) in [5, 5.41) is 15.1. The number of hydrogen-bond acceptors (Lipinski definition) is 4. The zero-order chi connectivity index (χ0) is 23.8. The summed E-state index contributed by atoms with van der Waals surface area (Å²) in [5.41, 5.74) is 1.59. The van der Waals surface area contributed by atoms with Crippen molar-refractivity contribution in [1.82, 2.24) is 9.88 Å². The number of rotatable bonds is 2. The molecule has 1 aromatic heterocycles. The van der Waals surface area contributed by atoms with Gasteiger partial charge < -0.3 is 19.7 Å². The molecule has 0 bridgehead atoms. The molecule has 7 rings (SSSR count). The summed E-state index contributed by atoms with van der Waals surface area (Å²) in [6, 6.07) is 12.9. The van der Waals surface area contributed by atoms with Crippen LogP contribution < -0.4 is 15.5 Å². The molecule has 3 heterocycles. The Bertz CT molecular complexity index is 1690. The summed E-state index contributed by atoms with van der Waals surface area (Å²) in [5.74, 6) is -1.33. The second-order valence-corrected chi connectivity index (χ2v) is 9.51. The number of fused-ring (bicyclic) bond motifs is 4. The number of piperidine rings is 1. The highest BCUT2D eigenvalue weighted by Gasteiger charge is 2.35. The van der Waals surface area contributed by atoms with E-state index in [9.17, 15) is 14.7 Å². The molecule has 35 heavy (non-hydrogen) atoms. The van der Waals surface area contributed by atoms with E-state index in [1.165, 1.54) is 17.8 Å². The van der Waals surface area contributed by atoms with Crippen LogP contribution in [0.15, 0.2) is 65.1 Å². The number of pyridine rings is 1. The van der Waals surface area contributed by atoms with Crippen LogP contribution in [0.4, 0.5) is 4.39 Å². The summed E-state index contributed by atoms with van der Waals surface area (Å²) in [6.07, 6.45) is 6.22. The van der Waals surface area contributed by atoms with Gasteiger partial charge in [0.05, 0.1) is 11.1 Å². The van der Waals surface area contributed by atoms with Crippen LogP contribution in [0.5, 0.6) is 11.5 Å². The molecule has 1 saturated heterocycles. The molecule has 1 fully saturated rings. The number of halogens is 1. The average molecular weight is 468 g/mol. The highest BCUT2D eigenvalue weighted by Crippen LogP contribution is 2.49. The molecule has 7 heteroatoms. The summed E-state index contributed by atoms with van der Waals surface area (Å²) in [4.78, 5) is 25.0. The van der Waals surface area contributed by atoms with Crippen molar-refractivity contribution in [2.45, 2.75) is 31.2 Å². The van der Waals surface area contributed by atoms with Crippen LogP contribution in [0.3, 0.4) is 0 Å². The summed E-state index contributed by atoms with van der Waals surface area (Å²) < 4.78 is 23.8. The van der Waals surface area contributed by atoms with Gasteiger partial charge in [0.2, 0.25) is 5.43 Å². The average Bonchev–Trinajstić information content (AvgIpc) is 3.27. The Hall–Kier alpha value is -3.97. The molecule has 0 radical (unpaired) electrons. The number of aromatic nitrogens is 1. The molecule has 6 nitrogen and oxygen atoms in total. The van der Waals surface area contributed by atoms with Gasteiger partial charge in [-0.3, -0.25) is 4.79 Å². The zero-order valence-electron chi connectivity index (χ0n) is 18.7. The van der Waals surface area contributed by atoms with Crippen LogP contribution in [0.25, 0.3) is 27.4 Å². The van der Waals surface area contributed by atoms with Crippen LogP contribution >= 0.6 is 0 Å². The van der Waals surface area contributed by atoms with Gasteiger partial charge in [-0.1, -0.05) is 35.9 Å². The Morgan fingerprint density at radius 1 is 1.17 bits per heavy atom. The predicted octanol–water partition coefficient (Wildman–Crippen LogP) is 5.25. The van der Waals surface area contributed by atoms with Gasteiger partial charge in [0.1, 0.15) is 16.9 Å². The number of benzene rings is 3. The molecule has 1 aliphatic carbocycles. The van der Waals surface area contributed by atoms with Crippen molar-refractivity contribution in [2.75, 3.05) is 6.54 Å². The largest absolute Gasteiger partial charge is 0.477 e. The first-order chi connectivity index (χ1) is 17.0. The Kier molecular flexibility index (Phi) is 4.23. The number of hydrogen-bond donors (Lipinski definition) is 2. The quantitative estimate of drug-likeness (QED) is 0.346. The van der Waals surface area contributed by atoms with Crippen molar-refractivity contribution in [2.24, 2.45) is 0 Å². The van der Waals surface area contributed by atoms with E-state index in [0.717, 1.165) is 36.6 Å². The topological polar surface area (TPSA) is 80.6 Å². The minimum atomic E-state index is -1.35. The minimum Gasteiger partial charge on any atom is -0.477 e. The normalized spacial score (nSPS) is 20.3. The first-order valence-electron chi connectivity index (χ1n) is 11.8. The van der Waals surface area contributed by atoms with E-state index in [0.29, 0.717) is 22.5 Å². The maximum Gasteiger partial charge on any atom is 0.341 e. The lowest BCUT2D eigenvalue weighted by Gasteiger charge is -2.28. The van der Waals surface area contributed by atoms with Gasteiger partial charge in [0.15, 0.2) is 11.5 Å². The van der Waals surface area contributed by atoms with Crippen molar-refractivity contribution in [3.05, 3.63) is 87.5 Å². The monoisotopic (exact) mass is 468 g/mol. The Morgan fingerprint density at radius 3 is 2.74 bits per heavy atom. The fourth-order valence-electron chi connectivity index (χ4n) is 5.91. The van der Waals surface area contributed by atoms with Crippen molar-refractivity contribution >= 4 is 27.6 Å². The van der Waals surface area contributed by atoms with Crippen LogP contribution in [-0.2, 0) is 0 Å². The van der Waals surface area contributed by atoms with Gasteiger partial charge in [-0.25, -0.2) is 9.18 Å². The molecule has 0 amide bonds. The highest BCUT2D eigenvalue weighted by molar-refractivity contribution is 5.98. The number of carbonyl (C=O) groups is 1. The molecule has 0 saturated carbocycles. The third-order valence-corrected chi connectivity index (χ3v) is 7.52. The molecule has 3 aromatic carbocycles. The van der Waals surface area contributed by atoms with E-state index in [4.69, 9.17) is 4.74 Å². The molecular weight excluding hydrogens is 447 g/mol. The van der Waals surface area contributed by atoms with Crippen LogP contribution in [0.2, 0.25) is 0 Å². The molecule has 2 aliphatic heterocycles. The Morgan fingerprint density at radius 2 is 1.97 bits per heavy atom. The molecule has 0 spiro atoms. The third kappa shape index (κ3) is 2.91. The number of ether oxygens (including phenoxy) is 1. The SMILES string of the molecule is O=C(O)c1cn2c3c(c(C4C=C5CCCNC5C4)c(F)cc3c1=O)Oc1cc3ccccc3cc1-2.